The Morgan fingerprint density at radius 3 is 2.75 bits per heavy atom. The van der Waals surface area contributed by atoms with E-state index in [-0.39, 0.29) is 23.3 Å². The van der Waals surface area contributed by atoms with Gasteiger partial charge in [0, 0.05) is 31.9 Å². The summed E-state index contributed by atoms with van der Waals surface area (Å²) in [5.74, 6) is 0.559. The minimum absolute atomic E-state index is 0.00826. The minimum Gasteiger partial charge on any atom is -0.371 e. The normalized spacial score (nSPS) is 25.1. The Morgan fingerprint density at radius 1 is 1.25 bits per heavy atom. The summed E-state index contributed by atoms with van der Waals surface area (Å²) >= 11 is 0. The van der Waals surface area contributed by atoms with Crippen molar-refractivity contribution in [2.45, 2.75) is 31.3 Å². The molecule has 4 rings (SSSR count). The molecule has 0 radical (unpaired) electrons. The maximum Gasteiger partial charge on any atom is 0.255 e. The van der Waals surface area contributed by atoms with Gasteiger partial charge in [0.25, 0.3) is 5.91 Å². The lowest BCUT2D eigenvalue weighted by Crippen LogP contribution is -2.63. The molecule has 1 unspecified atom stereocenters. The second-order valence-electron chi connectivity index (χ2n) is 7.26. The Kier molecular flexibility index (Phi) is 4.00. The molecular formula is C18H23N3O3. The molecule has 1 aromatic rings. The molecule has 3 fully saturated rings. The summed E-state index contributed by atoms with van der Waals surface area (Å²) in [6, 6.07) is 3.56. The van der Waals surface area contributed by atoms with Gasteiger partial charge in [0.2, 0.25) is 5.91 Å². The van der Waals surface area contributed by atoms with E-state index in [0.29, 0.717) is 31.7 Å². The highest BCUT2D eigenvalue weighted by Gasteiger charge is 2.51. The molecule has 2 amide bonds. The summed E-state index contributed by atoms with van der Waals surface area (Å²) in [4.78, 5) is 32.4. The number of amides is 2. The molecule has 0 aliphatic carbocycles. The summed E-state index contributed by atoms with van der Waals surface area (Å²) in [5, 5.41) is 0. The summed E-state index contributed by atoms with van der Waals surface area (Å²) in [6.07, 6.45) is 6.98. The van der Waals surface area contributed by atoms with Gasteiger partial charge in [0.15, 0.2) is 0 Å². The van der Waals surface area contributed by atoms with Crippen LogP contribution in [0.4, 0.5) is 0 Å². The first-order chi connectivity index (χ1) is 11.7. The molecule has 6 heteroatoms. The molecule has 1 spiro atoms. The van der Waals surface area contributed by atoms with Crippen molar-refractivity contribution in [1.82, 2.24) is 14.8 Å². The van der Waals surface area contributed by atoms with Crippen LogP contribution in [0.25, 0.3) is 0 Å². The maximum atomic E-state index is 12.4. The Bertz CT molecular complexity index is 622. The lowest BCUT2D eigenvalue weighted by Gasteiger charge is -2.47. The molecule has 6 nitrogen and oxygen atoms in total. The van der Waals surface area contributed by atoms with Crippen molar-refractivity contribution in [2.24, 2.45) is 5.92 Å². The molecule has 128 valence electrons. The van der Waals surface area contributed by atoms with Crippen LogP contribution < -0.4 is 0 Å². The topological polar surface area (TPSA) is 62.7 Å². The fourth-order valence-electron chi connectivity index (χ4n) is 4.10. The van der Waals surface area contributed by atoms with E-state index in [2.05, 4.69) is 4.98 Å². The number of rotatable bonds is 3. The fourth-order valence-corrected chi connectivity index (χ4v) is 4.10. The van der Waals surface area contributed by atoms with Crippen LogP contribution >= 0.6 is 0 Å². The molecule has 0 N–H and O–H groups in total. The lowest BCUT2D eigenvalue weighted by atomic mass is 9.85. The van der Waals surface area contributed by atoms with E-state index in [1.54, 1.807) is 24.5 Å². The predicted molar refractivity (Wildman–Crippen MR) is 87.4 cm³/mol. The Hall–Kier alpha value is -1.95. The number of carbonyl (C=O) groups excluding carboxylic acids is 2. The van der Waals surface area contributed by atoms with Crippen molar-refractivity contribution in [3.8, 4) is 0 Å². The van der Waals surface area contributed by atoms with E-state index in [4.69, 9.17) is 4.74 Å². The van der Waals surface area contributed by atoms with E-state index in [0.717, 1.165) is 32.4 Å². The first-order valence-corrected chi connectivity index (χ1v) is 8.76. The van der Waals surface area contributed by atoms with Gasteiger partial charge in [-0.1, -0.05) is 0 Å². The van der Waals surface area contributed by atoms with Crippen LogP contribution in [0, 0.1) is 5.92 Å². The molecule has 24 heavy (non-hydrogen) atoms. The van der Waals surface area contributed by atoms with Gasteiger partial charge in [-0.2, -0.15) is 0 Å². The van der Waals surface area contributed by atoms with Gasteiger partial charge in [-0.25, -0.2) is 0 Å². The molecule has 1 aromatic heterocycles. The van der Waals surface area contributed by atoms with Gasteiger partial charge in [-0.05, 0) is 37.3 Å². The SMILES string of the molecule is O=C(CC1COC2(C1)CN(C(=O)c1cccnc1)C2)N1CCCC1. The molecule has 0 bridgehead atoms. The third-order valence-electron chi connectivity index (χ3n) is 5.36. The van der Waals surface area contributed by atoms with Gasteiger partial charge in [-0.3, -0.25) is 14.6 Å². The molecule has 3 aliphatic rings. The number of hydrogen-bond acceptors (Lipinski definition) is 4. The van der Waals surface area contributed by atoms with Crippen LogP contribution in [0.2, 0.25) is 0 Å². The highest BCUT2D eigenvalue weighted by molar-refractivity contribution is 5.94. The Balaban J connectivity index is 1.28. The predicted octanol–water partition coefficient (Wildman–Crippen LogP) is 1.33. The number of ether oxygens (including phenoxy) is 1. The van der Waals surface area contributed by atoms with Crippen molar-refractivity contribution >= 4 is 11.8 Å². The second kappa shape index (κ2) is 6.16. The van der Waals surface area contributed by atoms with E-state index >= 15 is 0 Å². The standard InChI is InChI=1S/C18H23N3O3/c22-16(20-6-1-2-7-20)8-14-9-18(24-11-14)12-21(13-18)17(23)15-4-3-5-19-10-15/h3-5,10,14H,1-2,6-9,11-13H2. The Labute approximate surface area is 141 Å². The highest BCUT2D eigenvalue weighted by atomic mass is 16.5. The summed E-state index contributed by atoms with van der Waals surface area (Å²) in [6.45, 7) is 3.69. The zero-order valence-corrected chi connectivity index (χ0v) is 13.8. The van der Waals surface area contributed by atoms with E-state index in [1.165, 1.54) is 0 Å². The van der Waals surface area contributed by atoms with Gasteiger partial charge < -0.3 is 14.5 Å². The summed E-state index contributed by atoms with van der Waals surface area (Å²) in [5.41, 5.74) is 0.388. The maximum absolute atomic E-state index is 12.4. The van der Waals surface area contributed by atoms with Crippen molar-refractivity contribution < 1.29 is 14.3 Å². The van der Waals surface area contributed by atoms with Crippen LogP contribution in [0.15, 0.2) is 24.5 Å². The van der Waals surface area contributed by atoms with Crippen molar-refractivity contribution in [2.75, 3.05) is 32.8 Å². The third kappa shape index (κ3) is 2.90. The van der Waals surface area contributed by atoms with E-state index < -0.39 is 0 Å². The molecule has 0 aromatic carbocycles. The number of hydrogen-bond donors (Lipinski definition) is 0. The molecular weight excluding hydrogens is 306 g/mol. The number of likely N-dealkylation sites (tertiary alicyclic amines) is 2. The zero-order chi connectivity index (χ0) is 16.6. The van der Waals surface area contributed by atoms with Crippen molar-refractivity contribution in [1.29, 1.82) is 0 Å². The second-order valence-corrected chi connectivity index (χ2v) is 7.26. The van der Waals surface area contributed by atoms with Gasteiger partial charge in [0.05, 0.1) is 25.3 Å². The number of nitrogens with zero attached hydrogens (tertiary/aromatic N) is 3. The summed E-state index contributed by atoms with van der Waals surface area (Å²) < 4.78 is 5.99. The summed E-state index contributed by atoms with van der Waals surface area (Å²) in [7, 11) is 0. The van der Waals surface area contributed by atoms with Crippen LogP contribution in [0.1, 0.15) is 36.0 Å². The van der Waals surface area contributed by atoms with Crippen LogP contribution in [0.3, 0.4) is 0 Å². The fraction of sp³-hybridized carbons (Fsp3) is 0.611. The average molecular weight is 329 g/mol. The van der Waals surface area contributed by atoms with E-state index in [9.17, 15) is 9.59 Å². The first kappa shape index (κ1) is 15.6. The quantitative estimate of drug-likeness (QED) is 0.839. The monoisotopic (exact) mass is 329 g/mol. The molecule has 0 saturated carbocycles. The van der Waals surface area contributed by atoms with Gasteiger partial charge in [0.1, 0.15) is 5.60 Å². The highest BCUT2D eigenvalue weighted by Crippen LogP contribution is 2.39. The lowest BCUT2D eigenvalue weighted by molar-refractivity contribution is -0.131. The van der Waals surface area contributed by atoms with Crippen molar-refractivity contribution in [3.05, 3.63) is 30.1 Å². The average Bonchev–Trinajstić information content (AvgIpc) is 3.23. The smallest absolute Gasteiger partial charge is 0.255 e. The van der Waals surface area contributed by atoms with Crippen LogP contribution in [-0.2, 0) is 9.53 Å². The van der Waals surface area contributed by atoms with E-state index in [1.807, 2.05) is 9.80 Å². The molecule has 3 aliphatic heterocycles. The van der Waals surface area contributed by atoms with Crippen LogP contribution in [0.5, 0.6) is 0 Å². The minimum atomic E-state index is -0.228. The number of aromatic nitrogens is 1. The first-order valence-electron chi connectivity index (χ1n) is 8.76. The van der Waals surface area contributed by atoms with Crippen molar-refractivity contribution in [3.63, 3.8) is 0 Å². The Morgan fingerprint density at radius 2 is 2.04 bits per heavy atom. The number of pyridine rings is 1. The molecule has 3 saturated heterocycles. The third-order valence-corrected chi connectivity index (χ3v) is 5.36. The van der Waals surface area contributed by atoms with Crippen LogP contribution in [-0.4, -0.2) is 65.0 Å². The number of carbonyl (C=O) groups is 2. The zero-order valence-electron chi connectivity index (χ0n) is 13.8. The molecule has 4 heterocycles. The van der Waals surface area contributed by atoms with Gasteiger partial charge >= 0.3 is 0 Å². The van der Waals surface area contributed by atoms with Gasteiger partial charge in [-0.15, -0.1) is 0 Å². The largest absolute Gasteiger partial charge is 0.371 e. The molecule has 1 atom stereocenters.